The van der Waals surface area contributed by atoms with E-state index in [4.69, 9.17) is 0 Å². The SMILES string of the molecule is CCc1cccc(CC)c1NC(=O)N(CCN(C)C)Cc1cccnc1. The number of nitrogens with zero attached hydrogens (tertiary/aromatic N) is 3. The lowest BCUT2D eigenvalue weighted by molar-refractivity contribution is 0.202. The number of amides is 2. The monoisotopic (exact) mass is 354 g/mol. The molecule has 1 aromatic carbocycles. The third kappa shape index (κ3) is 5.56. The minimum atomic E-state index is -0.0636. The van der Waals surface area contributed by atoms with Gasteiger partial charge in [-0.1, -0.05) is 38.1 Å². The van der Waals surface area contributed by atoms with Crippen molar-refractivity contribution in [2.75, 3.05) is 32.5 Å². The van der Waals surface area contributed by atoms with Crippen LogP contribution in [-0.4, -0.2) is 48.0 Å². The highest BCUT2D eigenvalue weighted by molar-refractivity contribution is 5.91. The number of carbonyl (C=O) groups is 1. The molecule has 2 rings (SSSR count). The molecule has 1 N–H and O–H groups in total. The summed E-state index contributed by atoms with van der Waals surface area (Å²) in [7, 11) is 4.03. The van der Waals surface area contributed by atoms with Gasteiger partial charge >= 0.3 is 6.03 Å². The molecule has 0 aliphatic carbocycles. The number of anilines is 1. The zero-order valence-electron chi connectivity index (χ0n) is 16.3. The number of hydrogen-bond acceptors (Lipinski definition) is 3. The van der Waals surface area contributed by atoms with Gasteiger partial charge in [0.15, 0.2) is 0 Å². The van der Waals surface area contributed by atoms with Gasteiger partial charge in [-0.05, 0) is 49.7 Å². The fraction of sp³-hybridized carbons (Fsp3) is 0.429. The molecule has 0 bridgehead atoms. The van der Waals surface area contributed by atoms with E-state index < -0.39 is 0 Å². The van der Waals surface area contributed by atoms with Crippen LogP contribution in [0.15, 0.2) is 42.7 Å². The molecule has 0 atom stereocenters. The van der Waals surface area contributed by atoms with Crippen molar-refractivity contribution in [2.45, 2.75) is 33.2 Å². The van der Waals surface area contributed by atoms with Gasteiger partial charge in [0.05, 0.1) is 0 Å². The van der Waals surface area contributed by atoms with Crippen molar-refractivity contribution in [1.29, 1.82) is 0 Å². The molecule has 0 radical (unpaired) electrons. The third-order valence-corrected chi connectivity index (χ3v) is 4.43. The van der Waals surface area contributed by atoms with Crippen LogP contribution in [0, 0.1) is 0 Å². The minimum Gasteiger partial charge on any atom is -0.319 e. The van der Waals surface area contributed by atoms with Crippen molar-refractivity contribution < 1.29 is 4.79 Å². The summed E-state index contributed by atoms with van der Waals surface area (Å²) < 4.78 is 0. The van der Waals surface area contributed by atoms with Gasteiger partial charge in [0.1, 0.15) is 0 Å². The van der Waals surface area contributed by atoms with Crippen LogP contribution < -0.4 is 5.32 Å². The van der Waals surface area contributed by atoms with E-state index in [1.807, 2.05) is 37.3 Å². The van der Waals surface area contributed by atoms with E-state index in [1.54, 1.807) is 6.20 Å². The Morgan fingerprint density at radius 2 is 1.73 bits per heavy atom. The first-order valence-electron chi connectivity index (χ1n) is 9.25. The normalized spacial score (nSPS) is 10.8. The molecule has 2 aromatic rings. The maximum Gasteiger partial charge on any atom is 0.322 e. The first kappa shape index (κ1) is 19.9. The lowest BCUT2D eigenvalue weighted by Crippen LogP contribution is -2.39. The molecule has 0 spiro atoms. The Labute approximate surface area is 157 Å². The largest absolute Gasteiger partial charge is 0.322 e. The summed E-state index contributed by atoms with van der Waals surface area (Å²) in [6, 6.07) is 10.1. The van der Waals surface area contributed by atoms with Crippen molar-refractivity contribution in [2.24, 2.45) is 0 Å². The highest BCUT2D eigenvalue weighted by Crippen LogP contribution is 2.23. The van der Waals surface area contributed by atoms with Crippen LogP contribution in [0.1, 0.15) is 30.5 Å². The van der Waals surface area contributed by atoms with Crippen molar-refractivity contribution in [3.8, 4) is 0 Å². The zero-order chi connectivity index (χ0) is 18.9. The average Bonchev–Trinajstić information content (AvgIpc) is 2.65. The molecule has 2 amide bonds. The lowest BCUT2D eigenvalue weighted by Gasteiger charge is -2.26. The van der Waals surface area contributed by atoms with Crippen LogP contribution >= 0.6 is 0 Å². The smallest absolute Gasteiger partial charge is 0.319 e. The van der Waals surface area contributed by atoms with E-state index in [2.05, 4.69) is 47.2 Å². The molecular weight excluding hydrogens is 324 g/mol. The van der Waals surface area contributed by atoms with Crippen LogP contribution in [0.4, 0.5) is 10.5 Å². The lowest BCUT2D eigenvalue weighted by atomic mass is 10.0. The number of nitrogens with one attached hydrogen (secondary N) is 1. The van der Waals surface area contributed by atoms with Crippen molar-refractivity contribution in [3.63, 3.8) is 0 Å². The first-order valence-corrected chi connectivity index (χ1v) is 9.25. The Balaban J connectivity index is 2.20. The minimum absolute atomic E-state index is 0.0636. The summed E-state index contributed by atoms with van der Waals surface area (Å²) in [6.45, 7) is 6.24. The van der Waals surface area contributed by atoms with Gasteiger partial charge < -0.3 is 15.1 Å². The van der Waals surface area contributed by atoms with Crippen LogP contribution in [0.5, 0.6) is 0 Å². The average molecular weight is 354 g/mol. The van der Waals surface area contributed by atoms with E-state index in [0.29, 0.717) is 13.1 Å². The van der Waals surface area contributed by atoms with Crippen LogP contribution in [0.25, 0.3) is 0 Å². The second kappa shape index (κ2) is 9.92. The number of hydrogen-bond donors (Lipinski definition) is 1. The number of pyridine rings is 1. The number of carbonyl (C=O) groups excluding carboxylic acids is 1. The highest BCUT2D eigenvalue weighted by atomic mass is 16.2. The molecule has 140 valence electrons. The summed E-state index contributed by atoms with van der Waals surface area (Å²) >= 11 is 0. The summed E-state index contributed by atoms with van der Waals surface area (Å²) in [4.78, 5) is 21.1. The molecule has 0 saturated heterocycles. The Morgan fingerprint density at radius 3 is 2.27 bits per heavy atom. The second-order valence-corrected chi connectivity index (χ2v) is 6.67. The predicted octanol–water partition coefficient (Wildman–Crippen LogP) is 3.80. The van der Waals surface area contributed by atoms with E-state index >= 15 is 0 Å². The number of likely N-dealkylation sites (N-methyl/N-ethyl adjacent to an activating group) is 1. The Hall–Kier alpha value is -2.40. The maximum atomic E-state index is 13.0. The molecule has 5 nitrogen and oxygen atoms in total. The standard InChI is InChI=1S/C21H30N4O/c1-5-18-10-7-11-19(6-2)20(18)23-21(26)25(14-13-24(3)4)16-17-9-8-12-22-15-17/h7-12,15H,5-6,13-14,16H2,1-4H3,(H,23,26). The van der Waals surface area contributed by atoms with Crippen LogP contribution in [0.3, 0.4) is 0 Å². The summed E-state index contributed by atoms with van der Waals surface area (Å²) in [5.41, 5.74) is 4.34. The molecule has 0 aliphatic heterocycles. The van der Waals surface area contributed by atoms with Gasteiger partial charge in [0.25, 0.3) is 0 Å². The molecule has 1 aromatic heterocycles. The summed E-state index contributed by atoms with van der Waals surface area (Å²) in [6.07, 6.45) is 5.35. The van der Waals surface area contributed by atoms with E-state index in [0.717, 1.165) is 30.6 Å². The van der Waals surface area contributed by atoms with Gasteiger partial charge in [-0.3, -0.25) is 4.98 Å². The molecule has 1 heterocycles. The molecule has 0 aliphatic rings. The molecule has 0 unspecified atom stereocenters. The highest BCUT2D eigenvalue weighted by Gasteiger charge is 2.17. The summed E-state index contributed by atoms with van der Waals surface area (Å²) in [5.74, 6) is 0. The Kier molecular flexibility index (Phi) is 7.60. The fourth-order valence-electron chi connectivity index (χ4n) is 2.87. The Morgan fingerprint density at radius 1 is 1.04 bits per heavy atom. The van der Waals surface area contributed by atoms with Crippen molar-refractivity contribution in [3.05, 3.63) is 59.4 Å². The van der Waals surface area contributed by atoms with E-state index in [9.17, 15) is 4.79 Å². The zero-order valence-corrected chi connectivity index (χ0v) is 16.3. The molecule has 0 fully saturated rings. The molecule has 26 heavy (non-hydrogen) atoms. The predicted molar refractivity (Wildman–Crippen MR) is 107 cm³/mol. The van der Waals surface area contributed by atoms with Gasteiger partial charge in [-0.2, -0.15) is 0 Å². The number of para-hydroxylation sites is 1. The first-order chi connectivity index (χ1) is 12.5. The van der Waals surface area contributed by atoms with Gasteiger partial charge in [0.2, 0.25) is 0 Å². The number of aromatic nitrogens is 1. The third-order valence-electron chi connectivity index (χ3n) is 4.43. The topological polar surface area (TPSA) is 48.5 Å². The van der Waals surface area contributed by atoms with Crippen LogP contribution in [-0.2, 0) is 19.4 Å². The van der Waals surface area contributed by atoms with E-state index in [-0.39, 0.29) is 6.03 Å². The maximum absolute atomic E-state index is 13.0. The number of urea groups is 1. The molecule has 0 saturated carbocycles. The van der Waals surface area contributed by atoms with Gasteiger partial charge in [-0.15, -0.1) is 0 Å². The fourth-order valence-corrected chi connectivity index (χ4v) is 2.87. The summed E-state index contributed by atoms with van der Waals surface area (Å²) in [5, 5.41) is 3.17. The second-order valence-electron chi connectivity index (χ2n) is 6.67. The van der Waals surface area contributed by atoms with Gasteiger partial charge in [0, 0.05) is 37.7 Å². The van der Waals surface area contributed by atoms with Crippen molar-refractivity contribution >= 4 is 11.7 Å². The van der Waals surface area contributed by atoms with Crippen molar-refractivity contribution in [1.82, 2.24) is 14.8 Å². The Bertz CT molecular complexity index is 678. The van der Waals surface area contributed by atoms with E-state index in [1.165, 1.54) is 11.1 Å². The molecule has 5 heteroatoms. The van der Waals surface area contributed by atoms with Crippen LogP contribution in [0.2, 0.25) is 0 Å². The number of rotatable bonds is 8. The number of aryl methyl sites for hydroxylation is 2. The van der Waals surface area contributed by atoms with Gasteiger partial charge in [-0.25, -0.2) is 4.79 Å². The molecular formula is C21H30N4O. The quantitative estimate of drug-likeness (QED) is 0.784. The number of benzene rings is 1.